The molecule has 2 nitrogen and oxygen atoms in total. The zero-order valence-electron chi connectivity index (χ0n) is 9.34. The van der Waals surface area contributed by atoms with Gasteiger partial charge in [0.2, 0.25) is 5.91 Å². The number of hydrogen-bond donors (Lipinski definition) is 1. The van der Waals surface area contributed by atoms with Crippen LogP contribution in [0.4, 0.5) is 0 Å². The second kappa shape index (κ2) is 4.05. The van der Waals surface area contributed by atoms with Crippen molar-refractivity contribution in [2.75, 3.05) is 0 Å². The van der Waals surface area contributed by atoms with E-state index < -0.39 is 0 Å². The molecule has 0 atom stereocenters. The number of carbonyl (C=O) groups is 1. The number of carbonyl (C=O) groups excluding carboxylic acids is 1. The Hall–Kier alpha value is -1.31. The molecule has 0 aliphatic carbocycles. The first kappa shape index (κ1) is 10.2. The van der Waals surface area contributed by atoms with E-state index in [4.69, 9.17) is 0 Å². The highest BCUT2D eigenvalue weighted by Gasteiger charge is 2.12. The molecule has 0 saturated heterocycles. The fraction of sp³-hybridized carbons (Fsp3) is 0.462. The molecule has 0 radical (unpaired) electrons. The van der Waals surface area contributed by atoms with Gasteiger partial charge in [0.25, 0.3) is 0 Å². The monoisotopic (exact) mass is 203 g/mol. The topological polar surface area (TPSA) is 29.1 Å². The Morgan fingerprint density at radius 1 is 1.20 bits per heavy atom. The first-order valence-electron chi connectivity index (χ1n) is 5.55. The van der Waals surface area contributed by atoms with Gasteiger partial charge in [-0.05, 0) is 29.0 Å². The van der Waals surface area contributed by atoms with E-state index in [1.54, 1.807) is 0 Å². The summed E-state index contributed by atoms with van der Waals surface area (Å²) in [4.78, 5) is 11.3. The largest absolute Gasteiger partial charge is 0.352 e. The molecule has 0 spiro atoms. The molecule has 1 heterocycles. The van der Waals surface area contributed by atoms with Crippen molar-refractivity contribution in [1.29, 1.82) is 0 Å². The van der Waals surface area contributed by atoms with Crippen LogP contribution in [0.1, 0.15) is 42.9 Å². The van der Waals surface area contributed by atoms with Gasteiger partial charge in [-0.25, -0.2) is 0 Å². The highest BCUT2D eigenvalue weighted by molar-refractivity contribution is 5.77. The molecule has 1 aliphatic heterocycles. The van der Waals surface area contributed by atoms with Gasteiger partial charge in [-0.2, -0.15) is 0 Å². The van der Waals surface area contributed by atoms with Crippen molar-refractivity contribution < 1.29 is 4.79 Å². The highest BCUT2D eigenvalue weighted by atomic mass is 16.1. The number of nitrogens with one attached hydrogen (secondary N) is 1. The molecule has 0 saturated carbocycles. The average Bonchev–Trinajstić information content (AvgIpc) is 2.40. The number of aryl methyl sites for hydroxylation is 1. The van der Waals surface area contributed by atoms with Crippen LogP contribution in [-0.4, -0.2) is 5.91 Å². The molecule has 1 aliphatic rings. The van der Waals surface area contributed by atoms with Gasteiger partial charge in [0, 0.05) is 13.0 Å². The summed E-state index contributed by atoms with van der Waals surface area (Å²) in [7, 11) is 0. The zero-order valence-corrected chi connectivity index (χ0v) is 9.34. The number of benzene rings is 1. The maximum Gasteiger partial charge on any atom is 0.220 e. The summed E-state index contributed by atoms with van der Waals surface area (Å²) in [5.74, 6) is 0.714. The van der Waals surface area contributed by atoms with Gasteiger partial charge in [0.15, 0.2) is 0 Å². The van der Waals surface area contributed by atoms with Crippen LogP contribution >= 0.6 is 0 Å². The van der Waals surface area contributed by atoms with Gasteiger partial charge >= 0.3 is 0 Å². The third-order valence-electron chi connectivity index (χ3n) is 2.99. The van der Waals surface area contributed by atoms with E-state index in [9.17, 15) is 4.79 Å². The average molecular weight is 203 g/mol. The van der Waals surface area contributed by atoms with Gasteiger partial charge < -0.3 is 5.32 Å². The fourth-order valence-electron chi connectivity index (χ4n) is 1.94. The van der Waals surface area contributed by atoms with Gasteiger partial charge in [-0.1, -0.05) is 32.0 Å². The lowest BCUT2D eigenvalue weighted by Crippen LogP contribution is -2.20. The first-order chi connectivity index (χ1) is 7.16. The van der Waals surface area contributed by atoms with E-state index >= 15 is 0 Å². The molecule has 80 valence electrons. The van der Waals surface area contributed by atoms with E-state index in [1.807, 2.05) is 0 Å². The summed E-state index contributed by atoms with van der Waals surface area (Å²) < 4.78 is 0. The van der Waals surface area contributed by atoms with E-state index in [1.165, 1.54) is 16.7 Å². The van der Waals surface area contributed by atoms with Crippen molar-refractivity contribution in [3.8, 4) is 0 Å². The van der Waals surface area contributed by atoms with Crippen LogP contribution in [0.2, 0.25) is 0 Å². The van der Waals surface area contributed by atoms with Crippen molar-refractivity contribution >= 4 is 5.91 Å². The summed E-state index contributed by atoms with van der Waals surface area (Å²) >= 11 is 0. The van der Waals surface area contributed by atoms with Crippen molar-refractivity contribution in [1.82, 2.24) is 5.32 Å². The van der Waals surface area contributed by atoms with Crippen LogP contribution in [0.3, 0.4) is 0 Å². The Labute approximate surface area is 90.7 Å². The molecule has 1 amide bonds. The third-order valence-corrected chi connectivity index (χ3v) is 2.99. The lowest BCUT2D eigenvalue weighted by atomic mass is 9.96. The van der Waals surface area contributed by atoms with Crippen molar-refractivity contribution in [3.05, 3.63) is 34.9 Å². The quantitative estimate of drug-likeness (QED) is 0.746. The molecule has 15 heavy (non-hydrogen) atoms. The molecule has 2 rings (SSSR count). The molecule has 0 bridgehead atoms. The van der Waals surface area contributed by atoms with Crippen molar-refractivity contribution in [2.45, 2.75) is 39.2 Å². The minimum atomic E-state index is 0.164. The second-order valence-corrected chi connectivity index (χ2v) is 4.46. The minimum Gasteiger partial charge on any atom is -0.352 e. The van der Waals surface area contributed by atoms with Gasteiger partial charge in [-0.15, -0.1) is 0 Å². The van der Waals surface area contributed by atoms with Crippen LogP contribution in [0.15, 0.2) is 18.2 Å². The SMILES string of the molecule is CC(C)c1ccc2c(c1)CNC(=O)CC2. The molecule has 0 fully saturated rings. The van der Waals surface area contributed by atoms with Crippen LogP contribution < -0.4 is 5.32 Å². The maximum absolute atomic E-state index is 11.3. The van der Waals surface area contributed by atoms with Crippen LogP contribution in [0.5, 0.6) is 0 Å². The summed E-state index contributed by atoms with van der Waals surface area (Å²) in [5.41, 5.74) is 3.95. The van der Waals surface area contributed by atoms with Gasteiger partial charge in [0.1, 0.15) is 0 Å². The van der Waals surface area contributed by atoms with Crippen LogP contribution in [0, 0.1) is 0 Å². The summed E-state index contributed by atoms with van der Waals surface area (Å²) in [6, 6.07) is 6.58. The van der Waals surface area contributed by atoms with E-state index in [0.29, 0.717) is 18.9 Å². The normalized spacial score (nSPS) is 15.8. The predicted molar refractivity (Wildman–Crippen MR) is 60.7 cm³/mol. The lowest BCUT2D eigenvalue weighted by molar-refractivity contribution is -0.121. The molecule has 2 heteroatoms. The van der Waals surface area contributed by atoms with Crippen LogP contribution in [-0.2, 0) is 17.8 Å². The Morgan fingerprint density at radius 2 is 2.00 bits per heavy atom. The standard InChI is InChI=1S/C13H17NO/c1-9(2)11-4-3-10-5-6-13(15)14-8-12(10)7-11/h3-4,7,9H,5-6,8H2,1-2H3,(H,14,15). The number of amides is 1. The number of rotatable bonds is 1. The first-order valence-corrected chi connectivity index (χ1v) is 5.55. The molecular weight excluding hydrogens is 186 g/mol. The Balaban J connectivity index is 2.32. The lowest BCUT2D eigenvalue weighted by Gasteiger charge is -2.10. The molecule has 1 aromatic rings. The molecule has 0 unspecified atom stereocenters. The smallest absolute Gasteiger partial charge is 0.220 e. The molecular formula is C13H17NO. The summed E-state index contributed by atoms with van der Waals surface area (Å²) in [6.45, 7) is 5.07. The maximum atomic E-state index is 11.3. The molecule has 1 aromatic carbocycles. The third kappa shape index (κ3) is 2.20. The number of fused-ring (bicyclic) bond motifs is 1. The Kier molecular flexibility index (Phi) is 2.76. The van der Waals surface area contributed by atoms with Gasteiger partial charge in [-0.3, -0.25) is 4.79 Å². The fourth-order valence-corrected chi connectivity index (χ4v) is 1.94. The minimum absolute atomic E-state index is 0.164. The van der Waals surface area contributed by atoms with Crippen LogP contribution in [0.25, 0.3) is 0 Å². The Morgan fingerprint density at radius 3 is 2.73 bits per heavy atom. The molecule has 0 aromatic heterocycles. The van der Waals surface area contributed by atoms with E-state index in [-0.39, 0.29) is 5.91 Å². The highest BCUT2D eigenvalue weighted by Crippen LogP contribution is 2.21. The van der Waals surface area contributed by atoms with Crippen molar-refractivity contribution in [2.24, 2.45) is 0 Å². The zero-order chi connectivity index (χ0) is 10.8. The van der Waals surface area contributed by atoms with E-state index in [0.717, 1.165) is 6.42 Å². The molecule has 1 N–H and O–H groups in total. The van der Waals surface area contributed by atoms with E-state index in [2.05, 4.69) is 37.4 Å². The summed E-state index contributed by atoms with van der Waals surface area (Å²) in [5, 5.41) is 2.93. The van der Waals surface area contributed by atoms with Gasteiger partial charge in [0.05, 0.1) is 0 Å². The summed E-state index contributed by atoms with van der Waals surface area (Å²) in [6.07, 6.45) is 1.49. The second-order valence-electron chi connectivity index (χ2n) is 4.46. The predicted octanol–water partition coefficient (Wildman–Crippen LogP) is 2.37. The number of hydrogen-bond acceptors (Lipinski definition) is 1. The Bertz CT molecular complexity index is 382. The van der Waals surface area contributed by atoms with Crippen molar-refractivity contribution in [3.63, 3.8) is 0 Å².